The molecule has 4 heteroatoms. The zero-order chi connectivity index (χ0) is 20.4. The van der Waals surface area contributed by atoms with Gasteiger partial charge in [-0.3, -0.25) is 9.69 Å². The van der Waals surface area contributed by atoms with E-state index in [1.54, 1.807) is 0 Å². The average molecular weight is 414 g/mol. The maximum absolute atomic E-state index is 13.2. The average Bonchev–Trinajstić information content (AvgIpc) is 2.64. The van der Waals surface area contributed by atoms with Crippen molar-refractivity contribution in [2.45, 2.75) is 33.7 Å². The maximum atomic E-state index is 13.2. The predicted octanol–water partition coefficient (Wildman–Crippen LogP) is 6.37. The zero-order valence-corrected chi connectivity index (χ0v) is 18.2. The highest BCUT2D eigenvalue weighted by atomic mass is 35.5. The summed E-state index contributed by atoms with van der Waals surface area (Å²) in [6.45, 7) is 9.51. The highest BCUT2D eigenvalue weighted by Gasteiger charge is 2.27. The fourth-order valence-corrected chi connectivity index (χ4v) is 3.61. The van der Waals surface area contributed by atoms with Gasteiger partial charge in [0.15, 0.2) is 5.78 Å². The van der Waals surface area contributed by atoms with Crippen LogP contribution < -0.4 is 0 Å². The fourth-order valence-electron chi connectivity index (χ4n) is 3.23. The van der Waals surface area contributed by atoms with Gasteiger partial charge in [-0.15, -0.1) is 0 Å². The SMILES string of the molecule is Cc1ccc(/C=C2\CN(C(C)C)C/C(=C\c3ccc(C)c(Cl)c3)C2=O)cc1Cl. The van der Waals surface area contributed by atoms with Gasteiger partial charge in [0.1, 0.15) is 0 Å². The first-order chi connectivity index (χ1) is 13.2. The van der Waals surface area contributed by atoms with Crippen molar-refractivity contribution in [2.75, 3.05) is 13.1 Å². The molecule has 1 fully saturated rings. The maximum Gasteiger partial charge on any atom is 0.187 e. The van der Waals surface area contributed by atoms with Crippen LogP contribution in [0.15, 0.2) is 47.5 Å². The molecule has 1 saturated heterocycles. The van der Waals surface area contributed by atoms with E-state index in [0.29, 0.717) is 29.2 Å². The van der Waals surface area contributed by atoms with E-state index in [1.165, 1.54) is 0 Å². The standard InChI is InChI=1S/C24H25Cl2NO/c1-15(2)27-13-20(9-18-7-5-16(3)22(25)11-18)24(28)21(14-27)10-19-8-6-17(4)23(26)12-19/h5-12,15H,13-14H2,1-4H3/b20-9+,21-10+. The van der Waals surface area contributed by atoms with Crippen LogP contribution in [0.3, 0.4) is 0 Å². The van der Waals surface area contributed by atoms with Gasteiger partial charge in [-0.2, -0.15) is 0 Å². The van der Waals surface area contributed by atoms with Gasteiger partial charge in [0.2, 0.25) is 0 Å². The lowest BCUT2D eigenvalue weighted by Crippen LogP contribution is -2.41. The smallest absolute Gasteiger partial charge is 0.187 e. The highest BCUT2D eigenvalue weighted by molar-refractivity contribution is 6.31. The summed E-state index contributed by atoms with van der Waals surface area (Å²) in [6, 6.07) is 12.1. The minimum Gasteiger partial charge on any atom is -0.292 e. The summed E-state index contributed by atoms with van der Waals surface area (Å²) < 4.78 is 0. The lowest BCUT2D eigenvalue weighted by Gasteiger charge is -2.32. The Kier molecular flexibility index (Phi) is 6.44. The minimum absolute atomic E-state index is 0.0882. The van der Waals surface area contributed by atoms with E-state index in [4.69, 9.17) is 23.2 Å². The van der Waals surface area contributed by atoms with Crippen molar-refractivity contribution in [3.63, 3.8) is 0 Å². The number of carbonyl (C=O) groups excluding carboxylic acids is 1. The number of Topliss-reactive ketones (excluding diaryl/α,β-unsaturated/α-hetero) is 1. The first-order valence-electron chi connectivity index (χ1n) is 9.47. The third-order valence-corrected chi connectivity index (χ3v) is 5.95. The fraction of sp³-hybridized carbons (Fsp3) is 0.292. The van der Waals surface area contributed by atoms with Crippen molar-refractivity contribution in [1.82, 2.24) is 4.90 Å². The van der Waals surface area contributed by atoms with Crippen LogP contribution in [0.1, 0.15) is 36.1 Å². The molecule has 0 aromatic heterocycles. The topological polar surface area (TPSA) is 20.3 Å². The monoisotopic (exact) mass is 413 g/mol. The number of ketones is 1. The van der Waals surface area contributed by atoms with Crippen LogP contribution in [-0.2, 0) is 4.79 Å². The molecule has 2 aromatic rings. The van der Waals surface area contributed by atoms with Gasteiger partial charge in [0.05, 0.1) is 0 Å². The number of nitrogens with zero attached hydrogens (tertiary/aromatic N) is 1. The lowest BCUT2D eigenvalue weighted by molar-refractivity contribution is -0.113. The highest BCUT2D eigenvalue weighted by Crippen LogP contribution is 2.26. The largest absolute Gasteiger partial charge is 0.292 e. The summed E-state index contributed by atoms with van der Waals surface area (Å²) in [5.41, 5.74) is 5.51. The second-order valence-corrected chi connectivity index (χ2v) is 8.50. The van der Waals surface area contributed by atoms with E-state index >= 15 is 0 Å². The lowest BCUT2D eigenvalue weighted by atomic mass is 9.93. The number of rotatable bonds is 3. The van der Waals surface area contributed by atoms with Crippen LogP contribution in [0.2, 0.25) is 10.0 Å². The first kappa shape index (κ1) is 20.9. The molecule has 1 heterocycles. The third kappa shape index (κ3) is 4.75. The Morgan fingerprint density at radius 1 is 0.857 bits per heavy atom. The Bertz CT molecular complexity index is 899. The van der Waals surface area contributed by atoms with E-state index in [2.05, 4.69) is 18.7 Å². The molecule has 2 aromatic carbocycles. The number of aryl methyl sites for hydroxylation is 2. The van der Waals surface area contributed by atoms with Crippen molar-refractivity contribution in [2.24, 2.45) is 0 Å². The first-order valence-corrected chi connectivity index (χ1v) is 10.2. The number of likely N-dealkylation sites (tertiary alicyclic amines) is 1. The van der Waals surface area contributed by atoms with Crippen LogP contribution in [0.25, 0.3) is 12.2 Å². The van der Waals surface area contributed by atoms with E-state index in [0.717, 1.165) is 33.4 Å². The van der Waals surface area contributed by atoms with Crippen molar-refractivity contribution in [3.8, 4) is 0 Å². The number of hydrogen-bond acceptors (Lipinski definition) is 2. The number of carbonyl (C=O) groups is 1. The van der Waals surface area contributed by atoms with Gasteiger partial charge in [0, 0.05) is 40.3 Å². The second kappa shape index (κ2) is 8.65. The zero-order valence-electron chi connectivity index (χ0n) is 16.7. The summed E-state index contributed by atoms with van der Waals surface area (Å²) >= 11 is 12.5. The summed E-state index contributed by atoms with van der Waals surface area (Å²) in [7, 11) is 0. The molecule has 0 unspecified atom stereocenters. The number of hydrogen-bond donors (Lipinski definition) is 0. The Hall–Kier alpha value is -1.87. The van der Waals surface area contributed by atoms with E-state index in [-0.39, 0.29) is 5.78 Å². The molecule has 0 aliphatic carbocycles. The Labute approximate surface area is 177 Å². The van der Waals surface area contributed by atoms with Gasteiger partial charge in [-0.25, -0.2) is 0 Å². The summed E-state index contributed by atoms with van der Waals surface area (Å²) in [5.74, 6) is 0.0882. The molecule has 2 nitrogen and oxygen atoms in total. The third-order valence-electron chi connectivity index (χ3n) is 5.13. The molecule has 0 atom stereocenters. The second-order valence-electron chi connectivity index (χ2n) is 7.68. The molecule has 0 saturated carbocycles. The summed E-state index contributed by atoms with van der Waals surface area (Å²) in [6.07, 6.45) is 3.91. The quantitative estimate of drug-likeness (QED) is 0.544. The molecule has 1 aliphatic rings. The molecule has 0 radical (unpaired) electrons. The molecule has 146 valence electrons. The predicted molar refractivity (Wildman–Crippen MR) is 120 cm³/mol. The van der Waals surface area contributed by atoms with E-state index in [1.807, 2.05) is 62.4 Å². The number of halogens is 2. The van der Waals surface area contributed by atoms with Gasteiger partial charge in [-0.1, -0.05) is 47.5 Å². The Morgan fingerprint density at radius 3 is 1.64 bits per heavy atom. The molecule has 0 amide bonds. The van der Waals surface area contributed by atoms with Gasteiger partial charge >= 0.3 is 0 Å². The Morgan fingerprint density at radius 2 is 1.29 bits per heavy atom. The van der Waals surface area contributed by atoms with Gasteiger partial charge in [0.25, 0.3) is 0 Å². The summed E-state index contributed by atoms with van der Waals surface area (Å²) in [5, 5.41) is 1.42. The number of piperidine rings is 1. The van der Waals surface area contributed by atoms with Crippen LogP contribution in [0.5, 0.6) is 0 Å². The Balaban J connectivity index is 1.99. The summed E-state index contributed by atoms with van der Waals surface area (Å²) in [4.78, 5) is 15.5. The van der Waals surface area contributed by atoms with Crippen LogP contribution in [0.4, 0.5) is 0 Å². The van der Waals surface area contributed by atoms with Crippen molar-refractivity contribution in [1.29, 1.82) is 0 Å². The van der Waals surface area contributed by atoms with Gasteiger partial charge in [-0.05, 0) is 74.2 Å². The molecule has 28 heavy (non-hydrogen) atoms. The van der Waals surface area contributed by atoms with Gasteiger partial charge < -0.3 is 0 Å². The van der Waals surface area contributed by atoms with E-state index < -0.39 is 0 Å². The molecule has 3 rings (SSSR count). The van der Waals surface area contributed by atoms with Crippen molar-refractivity contribution >= 4 is 41.1 Å². The van der Waals surface area contributed by atoms with Crippen LogP contribution in [0, 0.1) is 13.8 Å². The molecule has 0 N–H and O–H groups in total. The minimum atomic E-state index is 0.0882. The molecular weight excluding hydrogens is 389 g/mol. The normalized spacial score (nSPS) is 18.5. The molecule has 0 spiro atoms. The van der Waals surface area contributed by atoms with Crippen molar-refractivity contribution in [3.05, 3.63) is 79.8 Å². The number of benzene rings is 2. The molecular formula is C24H25Cl2NO. The van der Waals surface area contributed by atoms with E-state index in [9.17, 15) is 4.79 Å². The van der Waals surface area contributed by atoms with Crippen molar-refractivity contribution < 1.29 is 4.79 Å². The molecule has 0 bridgehead atoms. The van der Waals surface area contributed by atoms with Crippen LogP contribution in [-0.4, -0.2) is 29.8 Å². The molecule has 1 aliphatic heterocycles. The van der Waals surface area contributed by atoms with Crippen LogP contribution >= 0.6 is 23.2 Å².